The lowest BCUT2D eigenvalue weighted by Gasteiger charge is -2.13. The molecule has 0 radical (unpaired) electrons. The number of carbonyl (C=O) groups is 2. The smallest absolute Gasteiger partial charge is 0.322 e. The number of benzene rings is 1. The third-order valence-corrected chi connectivity index (χ3v) is 3.57. The highest BCUT2D eigenvalue weighted by atomic mass is 32.2. The van der Waals surface area contributed by atoms with Crippen LogP contribution in [0.5, 0.6) is 0 Å². The van der Waals surface area contributed by atoms with E-state index in [0.29, 0.717) is 18.2 Å². The first-order valence-electron chi connectivity index (χ1n) is 5.05. The number of hydrogen-bond donors (Lipinski definition) is 3. The van der Waals surface area contributed by atoms with Gasteiger partial charge in [-0.3, -0.25) is 9.59 Å². The monoisotopic (exact) mass is 309 g/mol. The van der Waals surface area contributed by atoms with Gasteiger partial charge in [0.15, 0.2) is 0 Å². The number of carboxylic acid groups (broad SMARTS) is 2. The maximum atomic E-state index is 12.9. The molecule has 1 aromatic rings. The van der Waals surface area contributed by atoms with Crippen molar-refractivity contribution in [1.29, 1.82) is 0 Å². The van der Waals surface area contributed by atoms with Gasteiger partial charge in [0, 0.05) is 6.07 Å². The van der Waals surface area contributed by atoms with Crippen molar-refractivity contribution in [2.75, 3.05) is 0 Å². The summed E-state index contributed by atoms with van der Waals surface area (Å²) in [5, 5.41) is 17.2. The zero-order chi connectivity index (χ0) is 15.5. The number of aliphatic carboxylic acids is 2. The minimum absolute atomic E-state index is 0.435. The topological polar surface area (TPSA) is 121 Å². The fourth-order valence-electron chi connectivity index (χ4n) is 1.29. The molecule has 0 saturated carbocycles. The number of rotatable bonds is 6. The summed E-state index contributed by atoms with van der Waals surface area (Å²) >= 11 is 0. The number of sulfonamides is 1. The van der Waals surface area contributed by atoms with Crippen LogP contribution in [0.2, 0.25) is 0 Å². The molecule has 0 aromatic heterocycles. The molecule has 1 atom stereocenters. The van der Waals surface area contributed by atoms with Crippen molar-refractivity contribution < 1.29 is 37.0 Å². The van der Waals surface area contributed by atoms with Crippen molar-refractivity contribution >= 4 is 22.0 Å². The Balaban J connectivity index is 3.09. The maximum absolute atomic E-state index is 12.9. The lowest BCUT2D eigenvalue weighted by molar-refractivity contribution is -0.145. The van der Waals surface area contributed by atoms with E-state index < -0.39 is 51.0 Å². The maximum Gasteiger partial charge on any atom is 0.322 e. The summed E-state index contributed by atoms with van der Waals surface area (Å²) in [6.45, 7) is 0. The van der Waals surface area contributed by atoms with E-state index in [1.807, 2.05) is 0 Å². The van der Waals surface area contributed by atoms with Crippen molar-refractivity contribution in [1.82, 2.24) is 4.72 Å². The standard InChI is InChI=1S/C10H9F2NO6S/c11-5-1-6(12)3-7(2-5)20(18,19)13-8(10(16)17)4-9(14)15/h1-3,8,13H,4H2,(H,14,15)(H,16,17)/t8-/m1/s1. The number of carboxylic acids is 2. The zero-order valence-corrected chi connectivity index (χ0v) is 10.5. The summed E-state index contributed by atoms with van der Waals surface area (Å²) in [6.07, 6.45) is -1.02. The van der Waals surface area contributed by atoms with Gasteiger partial charge in [0.05, 0.1) is 11.3 Å². The van der Waals surface area contributed by atoms with E-state index in [2.05, 4.69) is 0 Å². The Kier molecular flexibility index (Phi) is 4.73. The quantitative estimate of drug-likeness (QED) is 0.689. The summed E-state index contributed by atoms with van der Waals surface area (Å²) in [5.41, 5.74) is 0. The van der Waals surface area contributed by atoms with Gasteiger partial charge in [-0.1, -0.05) is 0 Å². The highest BCUT2D eigenvalue weighted by Gasteiger charge is 2.28. The van der Waals surface area contributed by atoms with E-state index in [9.17, 15) is 26.8 Å². The lowest BCUT2D eigenvalue weighted by Crippen LogP contribution is -2.42. The van der Waals surface area contributed by atoms with Crippen molar-refractivity contribution in [2.45, 2.75) is 17.4 Å². The molecule has 1 aromatic carbocycles. The van der Waals surface area contributed by atoms with Crippen LogP contribution in [0.1, 0.15) is 6.42 Å². The van der Waals surface area contributed by atoms with Gasteiger partial charge in [0.25, 0.3) is 0 Å². The van der Waals surface area contributed by atoms with Crippen LogP contribution < -0.4 is 4.72 Å². The van der Waals surface area contributed by atoms with E-state index in [-0.39, 0.29) is 0 Å². The average Bonchev–Trinajstić information content (AvgIpc) is 2.25. The van der Waals surface area contributed by atoms with Gasteiger partial charge < -0.3 is 10.2 Å². The first kappa shape index (κ1) is 16.0. The van der Waals surface area contributed by atoms with Gasteiger partial charge in [-0.25, -0.2) is 17.2 Å². The molecule has 0 aliphatic heterocycles. The van der Waals surface area contributed by atoms with Crippen molar-refractivity contribution in [2.24, 2.45) is 0 Å². The molecule has 0 aliphatic carbocycles. The van der Waals surface area contributed by atoms with Crippen LogP contribution in [-0.4, -0.2) is 36.6 Å². The fraction of sp³-hybridized carbons (Fsp3) is 0.200. The Morgan fingerprint density at radius 2 is 1.65 bits per heavy atom. The molecule has 0 bridgehead atoms. The summed E-state index contributed by atoms with van der Waals surface area (Å²) < 4.78 is 50.9. The molecule has 0 aliphatic rings. The zero-order valence-electron chi connectivity index (χ0n) is 9.71. The molecular weight excluding hydrogens is 300 g/mol. The van der Waals surface area contributed by atoms with Crippen LogP contribution in [0.15, 0.2) is 23.1 Å². The molecule has 7 nitrogen and oxygen atoms in total. The second kappa shape index (κ2) is 5.92. The van der Waals surface area contributed by atoms with E-state index in [0.717, 1.165) is 0 Å². The van der Waals surface area contributed by atoms with Crippen LogP contribution in [0.25, 0.3) is 0 Å². The van der Waals surface area contributed by atoms with Gasteiger partial charge in [0.1, 0.15) is 17.7 Å². The molecular formula is C10H9F2NO6S. The normalized spacial score (nSPS) is 12.9. The Labute approximate surface area is 111 Å². The molecule has 0 unspecified atom stereocenters. The Hall–Kier alpha value is -2.07. The SMILES string of the molecule is O=C(O)C[C@@H](NS(=O)(=O)c1cc(F)cc(F)c1)C(=O)O. The Morgan fingerprint density at radius 1 is 1.15 bits per heavy atom. The van der Waals surface area contributed by atoms with Crippen LogP contribution >= 0.6 is 0 Å². The summed E-state index contributed by atoms with van der Waals surface area (Å²) in [4.78, 5) is 20.3. The molecule has 0 amide bonds. The minimum Gasteiger partial charge on any atom is -0.481 e. The van der Waals surface area contributed by atoms with Crippen molar-refractivity contribution in [3.63, 3.8) is 0 Å². The highest BCUT2D eigenvalue weighted by molar-refractivity contribution is 7.89. The Morgan fingerprint density at radius 3 is 2.05 bits per heavy atom. The van der Waals surface area contributed by atoms with E-state index in [1.165, 1.54) is 0 Å². The molecule has 0 spiro atoms. The van der Waals surface area contributed by atoms with E-state index in [1.54, 1.807) is 4.72 Å². The Bertz CT molecular complexity index is 625. The first-order valence-corrected chi connectivity index (χ1v) is 6.53. The highest BCUT2D eigenvalue weighted by Crippen LogP contribution is 2.14. The van der Waals surface area contributed by atoms with Crippen LogP contribution in [-0.2, 0) is 19.6 Å². The molecule has 0 fully saturated rings. The average molecular weight is 309 g/mol. The molecule has 0 heterocycles. The van der Waals surface area contributed by atoms with Crippen LogP contribution in [0, 0.1) is 11.6 Å². The second-order valence-electron chi connectivity index (χ2n) is 3.72. The first-order chi connectivity index (χ1) is 9.11. The molecule has 20 heavy (non-hydrogen) atoms. The van der Waals surface area contributed by atoms with Gasteiger partial charge in [-0.2, -0.15) is 4.72 Å². The molecule has 1 rings (SSSR count). The van der Waals surface area contributed by atoms with Gasteiger partial charge in [-0.15, -0.1) is 0 Å². The van der Waals surface area contributed by atoms with Crippen LogP contribution in [0.3, 0.4) is 0 Å². The van der Waals surface area contributed by atoms with Gasteiger partial charge in [-0.05, 0) is 12.1 Å². The van der Waals surface area contributed by atoms with E-state index >= 15 is 0 Å². The lowest BCUT2D eigenvalue weighted by atomic mass is 10.2. The predicted molar refractivity (Wildman–Crippen MR) is 60.4 cm³/mol. The molecule has 10 heteroatoms. The predicted octanol–water partition coefficient (Wildman–Crippen LogP) is 0.171. The van der Waals surface area contributed by atoms with Crippen molar-refractivity contribution in [3.8, 4) is 0 Å². The summed E-state index contributed by atoms with van der Waals surface area (Å²) in [6, 6.07) is -0.565. The van der Waals surface area contributed by atoms with Crippen molar-refractivity contribution in [3.05, 3.63) is 29.8 Å². The largest absolute Gasteiger partial charge is 0.481 e. The summed E-state index contributed by atoms with van der Waals surface area (Å²) in [5.74, 6) is -5.62. The van der Waals surface area contributed by atoms with Crippen LogP contribution in [0.4, 0.5) is 8.78 Å². The third kappa shape index (κ3) is 4.24. The second-order valence-corrected chi connectivity index (χ2v) is 5.43. The van der Waals surface area contributed by atoms with Gasteiger partial charge in [0.2, 0.25) is 10.0 Å². The molecule has 110 valence electrons. The third-order valence-electron chi connectivity index (χ3n) is 2.12. The minimum atomic E-state index is -4.57. The number of hydrogen-bond acceptors (Lipinski definition) is 4. The molecule has 3 N–H and O–H groups in total. The summed E-state index contributed by atoms with van der Waals surface area (Å²) in [7, 11) is -4.57. The molecule has 0 saturated heterocycles. The fourth-order valence-corrected chi connectivity index (χ4v) is 2.52. The van der Waals surface area contributed by atoms with Gasteiger partial charge >= 0.3 is 11.9 Å². The number of nitrogens with one attached hydrogen (secondary N) is 1. The van der Waals surface area contributed by atoms with E-state index in [4.69, 9.17) is 10.2 Å². The number of halogens is 2.